The van der Waals surface area contributed by atoms with Crippen molar-refractivity contribution in [3.05, 3.63) is 17.7 Å². The van der Waals surface area contributed by atoms with E-state index in [-0.39, 0.29) is 17.7 Å². The summed E-state index contributed by atoms with van der Waals surface area (Å²) >= 11 is 1.22. The number of nitrogens with one attached hydrogen (secondary N) is 1. The van der Waals surface area contributed by atoms with Gasteiger partial charge in [0, 0.05) is 0 Å². The number of hydrogen-bond donors (Lipinski definition) is 2. The van der Waals surface area contributed by atoms with E-state index in [0.717, 1.165) is 6.42 Å². The van der Waals surface area contributed by atoms with Crippen molar-refractivity contribution in [1.82, 2.24) is 10.2 Å². The van der Waals surface area contributed by atoms with Gasteiger partial charge in [-0.05, 0) is 18.3 Å². The number of aliphatic carboxylic acids is 1. The van der Waals surface area contributed by atoms with E-state index < -0.39 is 17.8 Å². The number of allylic oxidation sites excluding steroid dienone is 2. The molecule has 2 aliphatic carbocycles. The molecule has 0 radical (unpaired) electrons. The Kier molecular flexibility index (Phi) is 2.62. The second kappa shape index (κ2) is 4.16. The van der Waals surface area contributed by atoms with Gasteiger partial charge in [-0.1, -0.05) is 23.5 Å². The van der Waals surface area contributed by atoms with Crippen LogP contribution in [-0.4, -0.2) is 27.2 Å². The van der Waals surface area contributed by atoms with Crippen LogP contribution in [0.5, 0.6) is 0 Å². The molecule has 0 aliphatic heterocycles. The molecule has 94 valence electrons. The molecule has 7 heteroatoms. The molecule has 1 fully saturated rings. The van der Waals surface area contributed by atoms with Crippen molar-refractivity contribution in [2.75, 3.05) is 5.32 Å². The van der Waals surface area contributed by atoms with E-state index in [1.165, 1.54) is 16.8 Å². The van der Waals surface area contributed by atoms with Gasteiger partial charge in [-0.15, -0.1) is 10.2 Å². The van der Waals surface area contributed by atoms with Crippen LogP contribution in [-0.2, 0) is 9.59 Å². The molecule has 3 rings (SSSR count). The van der Waals surface area contributed by atoms with Gasteiger partial charge in [-0.3, -0.25) is 9.59 Å². The third kappa shape index (κ3) is 1.71. The first-order valence-corrected chi connectivity index (χ1v) is 6.53. The van der Waals surface area contributed by atoms with Gasteiger partial charge in [0.1, 0.15) is 5.51 Å². The zero-order chi connectivity index (χ0) is 12.7. The van der Waals surface area contributed by atoms with Gasteiger partial charge in [0.05, 0.1) is 11.8 Å². The Morgan fingerprint density at radius 3 is 2.67 bits per heavy atom. The summed E-state index contributed by atoms with van der Waals surface area (Å²) in [5.41, 5.74) is 1.52. The van der Waals surface area contributed by atoms with Crippen LogP contribution in [0.15, 0.2) is 17.7 Å². The van der Waals surface area contributed by atoms with Crippen molar-refractivity contribution in [1.29, 1.82) is 0 Å². The quantitative estimate of drug-likeness (QED) is 0.795. The molecule has 2 bridgehead atoms. The van der Waals surface area contributed by atoms with Crippen molar-refractivity contribution in [2.24, 2.45) is 23.7 Å². The lowest BCUT2D eigenvalue weighted by Gasteiger charge is -2.23. The standard InChI is InChI=1S/C11H11N3O3S/c15-9(13-11-14-12-4-18-11)7-5-1-2-6(3-5)8(7)10(16)17/h1-2,4-8H,3H2,(H,16,17)(H,13,14,15)/t5-,6+,7-,8+/m1/s1. The third-order valence-electron chi connectivity index (χ3n) is 3.64. The van der Waals surface area contributed by atoms with E-state index in [4.69, 9.17) is 0 Å². The van der Waals surface area contributed by atoms with Crippen LogP contribution in [0.2, 0.25) is 0 Å². The lowest BCUT2D eigenvalue weighted by atomic mass is 9.82. The van der Waals surface area contributed by atoms with Crippen LogP contribution in [0.4, 0.5) is 5.13 Å². The summed E-state index contributed by atoms with van der Waals surface area (Å²) in [6.07, 6.45) is 4.62. The minimum atomic E-state index is -0.899. The second-order valence-corrected chi connectivity index (χ2v) is 5.40. The van der Waals surface area contributed by atoms with E-state index in [9.17, 15) is 14.7 Å². The van der Waals surface area contributed by atoms with Crippen LogP contribution in [0.1, 0.15) is 6.42 Å². The lowest BCUT2D eigenvalue weighted by molar-refractivity contribution is -0.146. The van der Waals surface area contributed by atoms with Gasteiger partial charge in [-0.2, -0.15) is 0 Å². The lowest BCUT2D eigenvalue weighted by Crippen LogP contribution is -2.36. The first-order valence-electron chi connectivity index (χ1n) is 5.65. The maximum Gasteiger partial charge on any atom is 0.307 e. The fourth-order valence-electron chi connectivity index (χ4n) is 2.93. The number of amides is 1. The Balaban J connectivity index is 1.80. The average Bonchev–Trinajstić information content (AvgIpc) is 3.03. The summed E-state index contributed by atoms with van der Waals surface area (Å²) in [4.78, 5) is 23.4. The Hall–Kier alpha value is -1.76. The number of carboxylic acids is 1. The molecule has 1 amide bonds. The Morgan fingerprint density at radius 2 is 2.06 bits per heavy atom. The Labute approximate surface area is 107 Å². The van der Waals surface area contributed by atoms with Gasteiger partial charge in [0.15, 0.2) is 0 Å². The minimum absolute atomic E-state index is 0.0160. The molecular weight excluding hydrogens is 254 g/mol. The second-order valence-electron chi connectivity index (χ2n) is 4.57. The third-order valence-corrected chi connectivity index (χ3v) is 4.24. The van der Waals surface area contributed by atoms with Gasteiger partial charge in [0.2, 0.25) is 11.0 Å². The molecule has 1 aromatic rings. The van der Waals surface area contributed by atoms with Crippen molar-refractivity contribution < 1.29 is 14.7 Å². The highest BCUT2D eigenvalue weighted by Gasteiger charge is 2.51. The maximum atomic E-state index is 12.1. The molecular formula is C11H11N3O3S. The fraction of sp³-hybridized carbons (Fsp3) is 0.455. The molecule has 4 atom stereocenters. The number of carbonyl (C=O) groups is 2. The van der Waals surface area contributed by atoms with Gasteiger partial charge in [0.25, 0.3) is 0 Å². The minimum Gasteiger partial charge on any atom is -0.481 e. The highest BCUT2D eigenvalue weighted by molar-refractivity contribution is 7.13. The number of carboxylic acid groups (broad SMARTS) is 1. The highest BCUT2D eigenvalue weighted by atomic mass is 32.1. The number of fused-ring (bicyclic) bond motifs is 2. The smallest absolute Gasteiger partial charge is 0.307 e. The predicted molar refractivity (Wildman–Crippen MR) is 63.9 cm³/mol. The molecule has 0 saturated heterocycles. The summed E-state index contributed by atoms with van der Waals surface area (Å²) in [5.74, 6) is -2.27. The van der Waals surface area contributed by atoms with E-state index in [2.05, 4.69) is 15.5 Å². The number of hydrogen-bond acceptors (Lipinski definition) is 5. The summed E-state index contributed by atoms with van der Waals surface area (Å²) in [7, 11) is 0. The molecule has 18 heavy (non-hydrogen) atoms. The molecule has 2 N–H and O–H groups in total. The van der Waals surface area contributed by atoms with E-state index >= 15 is 0 Å². The normalized spacial score (nSPS) is 32.7. The Bertz CT molecular complexity index is 514. The van der Waals surface area contributed by atoms with Crippen LogP contribution in [0.3, 0.4) is 0 Å². The molecule has 0 spiro atoms. The molecule has 1 saturated carbocycles. The summed E-state index contributed by atoms with van der Waals surface area (Å²) in [6, 6.07) is 0. The molecule has 6 nitrogen and oxygen atoms in total. The zero-order valence-corrected chi connectivity index (χ0v) is 10.1. The largest absolute Gasteiger partial charge is 0.481 e. The molecule has 0 unspecified atom stereocenters. The van der Waals surface area contributed by atoms with Gasteiger partial charge >= 0.3 is 5.97 Å². The number of anilines is 1. The summed E-state index contributed by atoms with van der Waals surface area (Å²) in [6.45, 7) is 0. The molecule has 2 aliphatic rings. The topological polar surface area (TPSA) is 92.2 Å². The van der Waals surface area contributed by atoms with E-state index in [1.54, 1.807) is 0 Å². The first-order chi connectivity index (χ1) is 8.66. The van der Waals surface area contributed by atoms with E-state index in [0.29, 0.717) is 5.13 Å². The van der Waals surface area contributed by atoms with Gasteiger partial charge in [-0.25, -0.2) is 0 Å². The van der Waals surface area contributed by atoms with Gasteiger partial charge < -0.3 is 10.4 Å². The maximum absolute atomic E-state index is 12.1. The fourth-order valence-corrected chi connectivity index (χ4v) is 3.38. The zero-order valence-electron chi connectivity index (χ0n) is 9.31. The first kappa shape index (κ1) is 11.3. The average molecular weight is 265 g/mol. The van der Waals surface area contributed by atoms with Crippen LogP contribution < -0.4 is 5.32 Å². The molecule has 0 aromatic carbocycles. The Morgan fingerprint density at radius 1 is 1.33 bits per heavy atom. The van der Waals surface area contributed by atoms with Crippen molar-refractivity contribution in [3.8, 4) is 0 Å². The monoisotopic (exact) mass is 265 g/mol. The van der Waals surface area contributed by atoms with Crippen molar-refractivity contribution in [3.63, 3.8) is 0 Å². The number of carbonyl (C=O) groups excluding carboxylic acids is 1. The summed E-state index contributed by atoms with van der Waals surface area (Å²) in [5, 5.41) is 19.7. The van der Waals surface area contributed by atoms with E-state index in [1.807, 2.05) is 12.2 Å². The highest BCUT2D eigenvalue weighted by Crippen LogP contribution is 2.48. The van der Waals surface area contributed by atoms with Crippen LogP contribution in [0.25, 0.3) is 0 Å². The SMILES string of the molecule is O=C(O)[C@@H]1[C@H](C(=O)Nc2nncs2)[C@@H]2C=C[C@H]1C2. The molecule has 1 aromatic heterocycles. The number of rotatable bonds is 3. The number of aromatic nitrogens is 2. The predicted octanol–water partition coefficient (Wildman–Crippen LogP) is 0.999. The van der Waals surface area contributed by atoms with Crippen LogP contribution >= 0.6 is 11.3 Å². The van der Waals surface area contributed by atoms with Crippen LogP contribution in [0, 0.1) is 23.7 Å². The molecule has 1 heterocycles. The van der Waals surface area contributed by atoms with Crippen molar-refractivity contribution in [2.45, 2.75) is 6.42 Å². The summed E-state index contributed by atoms with van der Waals surface area (Å²) < 4.78 is 0. The van der Waals surface area contributed by atoms with Crippen molar-refractivity contribution >= 4 is 28.3 Å². The number of nitrogens with zero attached hydrogens (tertiary/aromatic N) is 2.